The van der Waals surface area contributed by atoms with Gasteiger partial charge in [-0.05, 0) is 56.2 Å². The molecule has 2 heterocycles. The SMILES string of the molecule is COc1ccc(NC(=O)C2CCN(c3ccc(Sc4ccc(C)cc4)nn3)CC2)c(OC)c1. The molecule has 7 nitrogen and oxygen atoms in total. The first kappa shape index (κ1) is 22.9. The average molecular weight is 465 g/mol. The van der Waals surface area contributed by atoms with Crippen LogP contribution in [0.1, 0.15) is 18.4 Å². The Balaban J connectivity index is 1.31. The smallest absolute Gasteiger partial charge is 0.227 e. The molecule has 1 fully saturated rings. The van der Waals surface area contributed by atoms with Crippen LogP contribution < -0.4 is 19.7 Å². The summed E-state index contributed by atoms with van der Waals surface area (Å²) in [6.45, 7) is 3.60. The molecule has 0 atom stereocenters. The molecule has 3 aromatic rings. The zero-order valence-electron chi connectivity index (χ0n) is 19.1. The van der Waals surface area contributed by atoms with E-state index in [0.717, 1.165) is 41.7 Å². The largest absolute Gasteiger partial charge is 0.497 e. The molecule has 33 heavy (non-hydrogen) atoms. The van der Waals surface area contributed by atoms with Gasteiger partial charge in [0.05, 0.1) is 19.9 Å². The first-order chi connectivity index (χ1) is 16.1. The summed E-state index contributed by atoms with van der Waals surface area (Å²) in [5.74, 6) is 2.06. The topological polar surface area (TPSA) is 76.6 Å². The summed E-state index contributed by atoms with van der Waals surface area (Å²) in [6, 6.07) is 17.7. The molecule has 0 unspecified atom stereocenters. The Hall–Kier alpha value is -3.26. The van der Waals surface area contributed by atoms with Crippen molar-refractivity contribution in [1.29, 1.82) is 0 Å². The first-order valence-corrected chi connectivity index (χ1v) is 11.7. The van der Waals surface area contributed by atoms with Gasteiger partial charge in [0.15, 0.2) is 5.82 Å². The van der Waals surface area contributed by atoms with Crippen LogP contribution in [0.15, 0.2) is 64.5 Å². The number of aromatic nitrogens is 2. The predicted molar refractivity (Wildman–Crippen MR) is 130 cm³/mol. The highest BCUT2D eigenvalue weighted by atomic mass is 32.2. The molecular formula is C25H28N4O3S. The van der Waals surface area contributed by atoms with Gasteiger partial charge < -0.3 is 19.7 Å². The Bertz CT molecular complexity index is 1080. The van der Waals surface area contributed by atoms with Gasteiger partial charge in [-0.25, -0.2) is 0 Å². The predicted octanol–water partition coefficient (Wildman–Crippen LogP) is 4.81. The van der Waals surface area contributed by atoms with Crippen LogP contribution in [0.25, 0.3) is 0 Å². The lowest BCUT2D eigenvalue weighted by Crippen LogP contribution is -2.38. The van der Waals surface area contributed by atoms with E-state index >= 15 is 0 Å². The number of anilines is 2. The minimum atomic E-state index is -0.0580. The summed E-state index contributed by atoms with van der Waals surface area (Å²) in [4.78, 5) is 16.2. The molecule has 0 bridgehead atoms. The Morgan fingerprint density at radius 2 is 1.76 bits per heavy atom. The molecule has 0 saturated carbocycles. The number of aryl methyl sites for hydroxylation is 1. The minimum Gasteiger partial charge on any atom is -0.497 e. The highest BCUT2D eigenvalue weighted by molar-refractivity contribution is 7.99. The summed E-state index contributed by atoms with van der Waals surface area (Å²) in [5.41, 5.74) is 1.89. The standard InChI is InChI=1S/C25H28N4O3S/c1-17-4-7-20(8-5-17)33-24-11-10-23(27-28-24)29-14-12-18(13-15-29)25(30)26-21-9-6-19(31-2)16-22(21)32-3/h4-11,16,18H,12-15H2,1-3H3,(H,26,30). The number of rotatable bonds is 7. The maximum Gasteiger partial charge on any atom is 0.227 e. The fourth-order valence-electron chi connectivity index (χ4n) is 3.77. The normalized spacial score (nSPS) is 14.1. The third-order valence-corrected chi connectivity index (χ3v) is 6.66. The van der Waals surface area contributed by atoms with Crippen LogP contribution in [-0.4, -0.2) is 43.4 Å². The summed E-state index contributed by atoms with van der Waals surface area (Å²) >= 11 is 1.60. The van der Waals surface area contributed by atoms with Gasteiger partial charge in [-0.15, -0.1) is 10.2 Å². The van der Waals surface area contributed by atoms with E-state index in [1.165, 1.54) is 5.56 Å². The lowest BCUT2D eigenvalue weighted by atomic mass is 9.95. The van der Waals surface area contributed by atoms with Crippen LogP contribution >= 0.6 is 11.8 Å². The van der Waals surface area contributed by atoms with Crippen LogP contribution in [-0.2, 0) is 4.79 Å². The van der Waals surface area contributed by atoms with Gasteiger partial charge in [0.1, 0.15) is 16.5 Å². The molecule has 0 spiro atoms. The average Bonchev–Trinajstić information content (AvgIpc) is 2.86. The maximum atomic E-state index is 12.8. The molecule has 4 rings (SSSR count). The van der Waals surface area contributed by atoms with Gasteiger partial charge in [-0.2, -0.15) is 0 Å². The number of carbonyl (C=O) groups excluding carboxylic acids is 1. The van der Waals surface area contributed by atoms with Crippen LogP contribution in [0, 0.1) is 12.8 Å². The van der Waals surface area contributed by atoms with E-state index in [-0.39, 0.29) is 11.8 Å². The summed E-state index contributed by atoms with van der Waals surface area (Å²) < 4.78 is 10.6. The van der Waals surface area contributed by atoms with Gasteiger partial charge in [0.25, 0.3) is 0 Å². The number of methoxy groups -OCH3 is 2. The number of nitrogens with one attached hydrogen (secondary N) is 1. The van der Waals surface area contributed by atoms with E-state index in [2.05, 4.69) is 51.6 Å². The molecule has 1 aliphatic rings. The van der Waals surface area contributed by atoms with Crippen LogP contribution in [0.5, 0.6) is 11.5 Å². The van der Waals surface area contributed by atoms with Gasteiger partial charge in [0, 0.05) is 30.0 Å². The van der Waals surface area contributed by atoms with Crippen LogP contribution in [0.3, 0.4) is 0 Å². The Morgan fingerprint density at radius 3 is 2.39 bits per heavy atom. The van der Waals surface area contributed by atoms with E-state index in [4.69, 9.17) is 9.47 Å². The summed E-state index contributed by atoms with van der Waals surface area (Å²) in [5, 5.41) is 12.7. The molecule has 1 aromatic heterocycles. The van der Waals surface area contributed by atoms with Crippen molar-refractivity contribution in [1.82, 2.24) is 10.2 Å². The third-order valence-electron chi connectivity index (χ3n) is 5.73. The van der Waals surface area contributed by atoms with Gasteiger partial charge in [0.2, 0.25) is 5.91 Å². The van der Waals surface area contributed by atoms with E-state index < -0.39 is 0 Å². The van der Waals surface area contributed by atoms with E-state index in [1.54, 1.807) is 44.2 Å². The number of benzene rings is 2. The van der Waals surface area contributed by atoms with Crippen molar-refractivity contribution in [2.75, 3.05) is 37.5 Å². The van der Waals surface area contributed by atoms with Crippen LogP contribution in [0.2, 0.25) is 0 Å². The Morgan fingerprint density at radius 1 is 1.00 bits per heavy atom. The van der Waals surface area contributed by atoms with E-state index in [9.17, 15) is 4.79 Å². The second-order valence-electron chi connectivity index (χ2n) is 7.96. The van der Waals surface area contributed by atoms with Gasteiger partial charge in [-0.3, -0.25) is 4.79 Å². The van der Waals surface area contributed by atoms with Crippen molar-refractivity contribution in [2.24, 2.45) is 5.92 Å². The molecule has 0 aliphatic carbocycles. The Labute approximate surface area is 198 Å². The lowest BCUT2D eigenvalue weighted by Gasteiger charge is -2.31. The van der Waals surface area contributed by atoms with Crippen molar-refractivity contribution < 1.29 is 14.3 Å². The van der Waals surface area contributed by atoms with E-state index in [1.807, 2.05) is 12.1 Å². The highest BCUT2D eigenvalue weighted by Gasteiger charge is 2.26. The molecule has 172 valence electrons. The molecule has 8 heteroatoms. The van der Waals surface area contributed by atoms with Crippen LogP contribution in [0.4, 0.5) is 11.5 Å². The minimum absolute atomic E-state index is 0.00838. The molecule has 1 N–H and O–H groups in total. The monoisotopic (exact) mass is 464 g/mol. The number of hydrogen-bond acceptors (Lipinski definition) is 7. The lowest BCUT2D eigenvalue weighted by molar-refractivity contribution is -0.120. The van der Waals surface area contributed by atoms with Crippen molar-refractivity contribution >= 4 is 29.2 Å². The number of ether oxygens (including phenoxy) is 2. The zero-order chi connectivity index (χ0) is 23.2. The van der Waals surface area contributed by atoms with Crippen molar-refractivity contribution in [3.8, 4) is 11.5 Å². The van der Waals surface area contributed by atoms with Crippen molar-refractivity contribution in [3.63, 3.8) is 0 Å². The molecule has 1 aliphatic heterocycles. The highest BCUT2D eigenvalue weighted by Crippen LogP contribution is 2.31. The Kier molecular flexibility index (Phi) is 7.34. The zero-order valence-corrected chi connectivity index (χ0v) is 19.9. The maximum absolute atomic E-state index is 12.8. The molecule has 1 amide bonds. The molecule has 2 aromatic carbocycles. The molecule has 0 radical (unpaired) electrons. The fraction of sp³-hybridized carbons (Fsp3) is 0.320. The second-order valence-corrected chi connectivity index (χ2v) is 9.06. The molecular weight excluding hydrogens is 436 g/mol. The van der Waals surface area contributed by atoms with Gasteiger partial charge >= 0.3 is 0 Å². The third kappa shape index (κ3) is 5.76. The number of nitrogens with zero attached hydrogens (tertiary/aromatic N) is 3. The van der Waals surface area contributed by atoms with Crippen molar-refractivity contribution in [3.05, 3.63) is 60.2 Å². The number of carbonyl (C=O) groups is 1. The number of amides is 1. The first-order valence-electron chi connectivity index (χ1n) is 10.9. The quantitative estimate of drug-likeness (QED) is 0.538. The summed E-state index contributed by atoms with van der Waals surface area (Å²) in [6.07, 6.45) is 1.51. The number of piperidine rings is 1. The van der Waals surface area contributed by atoms with E-state index in [0.29, 0.717) is 17.2 Å². The van der Waals surface area contributed by atoms with Gasteiger partial charge in [-0.1, -0.05) is 29.5 Å². The fourth-order valence-corrected chi connectivity index (χ4v) is 4.50. The van der Waals surface area contributed by atoms with Crippen molar-refractivity contribution in [2.45, 2.75) is 29.7 Å². The second kappa shape index (κ2) is 10.6. The molecule has 1 saturated heterocycles. The summed E-state index contributed by atoms with van der Waals surface area (Å²) in [7, 11) is 3.18. The number of hydrogen-bond donors (Lipinski definition) is 1.